The van der Waals surface area contributed by atoms with Crippen molar-refractivity contribution in [2.75, 3.05) is 80.6 Å². The van der Waals surface area contributed by atoms with Crippen LogP contribution in [0.25, 0.3) is 0 Å². The van der Waals surface area contributed by atoms with Crippen LogP contribution in [0.1, 0.15) is 5.56 Å². The SMILES string of the molecule is O=C(Nc1cccc(C(F)(F)F)c1)N1CCN(c2ccc(N3CCN(CCO)CC3)nn2)CC1. The van der Waals surface area contributed by atoms with Gasteiger partial charge in [0.15, 0.2) is 11.6 Å². The molecule has 2 saturated heterocycles. The van der Waals surface area contributed by atoms with Crippen molar-refractivity contribution < 1.29 is 23.1 Å². The Morgan fingerprint density at radius 3 is 2.03 bits per heavy atom. The monoisotopic (exact) mass is 479 g/mol. The van der Waals surface area contributed by atoms with Crippen molar-refractivity contribution in [3.63, 3.8) is 0 Å². The molecule has 34 heavy (non-hydrogen) atoms. The number of hydrogen-bond acceptors (Lipinski definition) is 7. The Kier molecular flexibility index (Phi) is 7.37. The second kappa shape index (κ2) is 10.4. The molecule has 9 nitrogen and oxygen atoms in total. The van der Waals surface area contributed by atoms with Crippen LogP contribution in [0.5, 0.6) is 0 Å². The number of benzene rings is 1. The van der Waals surface area contributed by atoms with Crippen LogP contribution in [0.2, 0.25) is 0 Å². The number of β-amino-alcohol motifs (C(OH)–C–C–N with tert-alkyl or cyclic N) is 1. The van der Waals surface area contributed by atoms with E-state index in [9.17, 15) is 18.0 Å². The summed E-state index contributed by atoms with van der Waals surface area (Å²) in [4.78, 5) is 20.5. The molecule has 0 spiro atoms. The van der Waals surface area contributed by atoms with E-state index in [4.69, 9.17) is 5.11 Å². The van der Waals surface area contributed by atoms with Gasteiger partial charge in [0, 0.05) is 64.6 Å². The molecule has 2 fully saturated rings. The minimum Gasteiger partial charge on any atom is -0.395 e. The van der Waals surface area contributed by atoms with E-state index in [0.717, 1.165) is 49.9 Å². The largest absolute Gasteiger partial charge is 0.416 e. The summed E-state index contributed by atoms with van der Waals surface area (Å²) in [6.07, 6.45) is -4.46. The predicted molar refractivity (Wildman–Crippen MR) is 122 cm³/mol. The Balaban J connectivity index is 1.27. The lowest BCUT2D eigenvalue weighted by Gasteiger charge is -2.36. The second-order valence-corrected chi connectivity index (χ2v) is 8.28. The molecule has 4 rings (SSSR count). The topological polar surface area (TPSA) is 88.1 Å². The van der Waals surface area contributed by atoms with Gasteiger partial charge < -0.3 is 25.1 Å². The summed E-state index contributed by atoms with van der Waals surface area (Å²) in [5.41, 5.74) is -0.690. The lowest BCUT2D eigenvalue weighted by Crippen LogP contribution is -2.50. The van der Waals surface area contributed by atoms with E-state index in [1.54, 1.807) is 4.90 Å². The molecule has 0 unspecified atom stereocenters. The molecular formula is C22H28F3N7O2. The summed E-state index contributed by atoms with van der Waals surface area (Å²) in [6, 6.07) is 8.04. The highest BCUT2D eigenvalue weighted by Crippen LogP contribution is 2.30. The summed E-state index contributed by atoms with van der Waals surface area (Å²) in [5.74, 6) is 1.53. The zero-order chi connectivity index (χ0) is 24.1. The average molecular weight is 480 g/mol. The average Bonchev–Trinajstić information content (AvgIpc) is 2.85. The lowest BCUT2D eigenvalue weighted by molar-refractivity contribution is -0.137. The number of carbonyl (C=O) groups is 1. The van der Waals surface area contributed by atoms with E-state index in [-0.39, 0.29) is 12.3 Å². The molecule has 0 saturated carbocycles. The van der Waals surface area contributed by atoms with Gasteiger partial charge in [-0.25, -0.2) is 4.79 Å². The van der Waals surface area contributed by atoms with Crippen LogP contribution in [0.3, 0.4) is 0 Å². The Morgan fingerprint density at radius 2 is 1.50 bits per heavy atom. The van der Waals surface area contributed by atoms with E-state index in [2.05, 4.69) is 25.3 Å². The van der Waals surface area contributed by atoms with Gasteiger partial charge >= 0.3 is 12.2 Å². The molecule has 3 heterocycles. The van der Waals surface area contributed by atoms with E-state index in [0.29, 0.717) is 32.7 Å². The molecule has 2 aliphatic heterocycles. The number of halogens is 3. The standard InChI is InChI=1S/C22H28F3N7O2/c23-22(24,25)17-2-1-3-18(16-17)26-21(34)32-12-10-31(11-13-32)20-5-4-19(27-28-20)30-8-6-29(7-9-30)14-15-33/h1-5,16,33H,6-15H2,(H,26,34). The number of hydrogen-bond donors (Lipinski definition) is 2. The predicted octanol–water partition coefficient (Wildman–Crippen LogP) is 1.96. The van der Waals surface area contributed by atoms with Crippen molar-refractivity contribution in [1.82, 2.24) is 20.0 Å². The normalized spacial score (nSPS) is 17.7. The minimum atomic E-state index is -4.46. The van der Waals surface area contributed by atoms with Crippen LogP contribution in [0.15, 0.2) is 36.4 Å². The smallest absolute Gasteiger partial charge is 0.395 e. The highest BCUT2D eigenvalue weighted by atomic mass is 19.4. The third kappa shape index (κ3) is 5.86. The lowest BCUT2D eigenvalue weighted by atomic mass is 10.2. The van der Waals surface area contributed by atoms with Gasteiger partial charge in [-0.1, -0.05) is 6.07 Å². The zero-order valence-electron chi connectivity index (χ0n) is 18.7. The van der Waals surface area contributed by atoms with Crippen LogP contribution in [0.4, 0.5) is 35.3 Å². The zero-order valence-corrected chi connectivity index (χ0v) is 18.7. The first kappa shape index (κ1) is 24.0. The number of carbonyl (C=O) groups excluding carboxylic acids is 1. The first-order valence-corrected chi connectivity index (χ1v) is 11.2. The fourth-order valence-electron chi connectivity index (χ4n) is 4.11. The minimum absolute atomic E-state index is 0.112. The van der Waals surface area contributed by atoms with Crippen LogP contribution in [0, 0.1) is 0 Å². The number of rotatable bonds is 5. The third-order valence-corrected chi connectivity index (χ3v) is 6.08. The van der Waals surface area contributed by atoms with Gasteiger partial charge in [0.25, 0.3) is 0 Å². The van der Waals surface area contributed by atoms with Crippen molar-refractivity contribution in [2.24, 2.45) is 0 Å². The van der Waals surface area contributed by atoms with Crippen molar-refractivity contribution in [3.05, 3.63) is 42.0 Å². The number of aliphatic hydroxyl groups is 1. The molecule has 12 heteroatoms. The van der Waals surface area contributed by atoms with Crippen molar-refractivity contribution in [1.29, 1.82) is 0 Å². The molecule has 0 atom stereocenters. The number of urea groups is 1. The summed E-state index contributed by atoms with van der Waals surface area (Å²) >= 11 is 0. The van der Waals surface area contributed by atoms with Crippen molar-refractivity contribution in [2.45, 2.75) is 6.18 Å². The van der Waals surface area contributed by atoms with E-state index >= 15 is 0 Å². The fraction of sp³-hybridized carbons (Fsp3) is 0.500. The molecular weight excluding hydrogens is 451 g/mol. The molecule has 0 radical (unpaired) electrons. The molecule has 2 amide bonds. The van der Waals surface area contributed by atoms with Crippen LogP contribution in [-0.2, 0) is 6.18 Å². The highest BCUT2D eigenvalue weighted by molar-refractivity contribution is 5.89. The molecule has 1 aromatic heterocycles. The number of aliphatic hydroxyl groups excluding tert-OH is 1. The molecule has 2 aromatic rings. The number of nitrogens with one attached hydrogen (secondary N) is 1. The van der Waals surface area contributed by atoms with Crippen LogP contribution < -0.4 is 15.1 Å². The third-order valence-electron chi connectivity index (χ3n) is 6.08. The quantitative estimate of drug-likeness (QED) is 0.678. The van der Waals surface area contributed by atoms with E-state index in [1.165, 1.54) is 12.1 Å². The molecule has 2 N–H and O–H groups in total. The van der Waals surface area contributed by atoms with Gasteiger partial charge in [-0.05, 0) is 30.3 Å². The van der Waals surface area contributed by atoms with Gasteiger partial charge in [-0.3, -0.25) is 4.90 Å². The number of piperazine rings is 2. The Morgan fingerprint density at radius 1 is 0.912 bits per heavy atom. The summed E-state index contributed by atoms with van der Waals surface area (Å²) in [6.45, 7) is 6.16. The molecule has 1 aromatic carbocycles. The molecule has 184 valence electrons. The van der Waals surface area contributed by atoms with Crippen LogP contribution in [-0.4, -0.2) is 96.6 Å². The van der Waals surface area contributed by atoms with Gasteiger partial charge in [-0.15, -0.1) is 10.2 Å². The maximum atomic E-state index is 12.9. The van der Waals surface area contributed by atoms with Gasteiger partial charge in [0.05, 0.1) is 12.2 Å². The first-order valence-electron chi connectivity index (χ1n) is 11.2. The maximum Gasteiger partial charge on any atom is 0.416 e. The fourth-order valence-corrected chi connectivity index (χ4v) is 4.11. The van der Waals surface area contributed by atoms with Crippen molar-refractivity contribution in [3.8, 4) is 0 Å². The maximum absolute atomic E-state index is 12.9. The Hall–Kier alpha value is -3.12. The highest BCUT2D eigenvalue weighted by Gasteiger charge is 2.31. The number of alkyl halides is 3. The number of nitrogens with zero attached hydrogens (tertiary/aromatic N) is 6. The number of anilines is 3. The number of aromatic nitrogens is 2. The number of amides is 2. The molecule has 0 bridgehead atoms. The Bertz CT molecular complexity index is 958. The Labute approximate surface area is 195 Å². The van der Waals surface area contributed by atoms with E-state index < -0.39 is 17.8 Å². The summed E-state index contributed by atoms with van der Waals surface area (Å²) in [7, 11) is 0. The van der Waals surface area contributed by atoms with Gasteiger partial charge in [0.1, 0.15) is 0 Å². The second-order valence-electron chi connectivity index (χ2n) is 8.28. The van der Waals surface area contributed by atoms with Crippen LogP contribution >= 0.6 is 0 Å². The summed E-state index contributed by atoms with van der Waals surface area (Å²) < 4.78 is 38.7. The van der Waals surface area contributed by atoms with Gasteiger partial charge in [-0.2, -0.15) is 13.2 Å². The van der Waals surface area contributed by atoms with Crippen molar-refractivity contribution >= 4 is 23.4 Å². The molecule has 2 aliphatic rings. The van der Waals surface area contributed by atoms with Gasteiger partial charge in [0.2, 0.25) is 0 Å². The summed E-state index contributed by atoms with van der Waals surface area (Å²) in [5, 5.41) is 20.3. The van der Waals surface area contributed by atoms with E-state index in [1.807, 2.05) is 17.0 Å². The first-order chi connectivity index (χ1) is 16.3. The molecule has 0 aliphatic carbocycles.